The topological polar surface area (TPSA) is 9.86 Å². The van der Waals surface area contributed by atoms with Crippen LogP contribution in [0.3, 0.4) is 0 Å². The summed E-state index contributed by atoms with van der Waals surface area (Å²) in [6.45, 7) is 2.14. The summed E-state index contributed by atoms with van der Waals surface area (Å²) in [5, 5.41) is 10.3. The largest absolute Gasteiger partial charge is 0.333 e. The molecular weight excluding hydrogens is 713 g/mol. The van der Waals surface area contributed by atoms with Crippen LogP contribution in [0, 0.1) is 6.92 Å². The van der Waals surface area contributed by atoms with E-state index in [0.29, 0.717) is 0 Å². The van der Waals surface area contributed by atoms with Crippen LogP contribution in [0.2, 0.25) is 0 Å². The van der Waals surface area contributed by atoms with E-state index in [9.17, 15) is 0 Å². The van der Waals surface area contributed by atoms with Gasteiger partial charge in [0, 0.05) is 38.3 Å². The van der Waals surface area contributed by atoms with E-state index >= 15 is 0 Å². The fourth-order valence-electron chi connectivity index (χ4n) is 10.0. The van der Waals surface area contributed by atoms with Gasteiger partial charge in [0.25, 0.3) is 0 Å². The fourth-order valence-corrected chi connectivity index (χ4v) is 10.0. The Morgan fingerprint density at radius 1 is 0.407 bits per heavy atom. The zero-order valence-corrected chi connectivity index (χ0v) is 32.8. The second kappa shape index (κ2) is 13.3. The van der Waals surface area contributed by atoms with Crippen molar-refractivity contribution in [3.63, 3.8) is 0 Å². The van der Waals surface area contributed by atoms with Gasteiger partial charge < -0.3 is 9.13 Å². The van der Waals surface area contributed by atoms with Crippen LogP contribution >= 0.6 is 0 Å². The van der Waals surface area contributed by atoms with Gasteiger partial charge in [0.1, 0.15) is 0 Å². The molecule has 2 heteroatoms. The molecule has 1 aliphatic carbocycles. The van der Waals surface area contributed by atoms with E-state index in [1.54, 1.807) is 0 Å². The van der Waals surface area contributed by atoms with Crippen molar-refractivity contribution in [1.29, 1.82) is 0 Å². The lowest BCUT2D eigenvalue weighted by molar-refractivity contribution is 0.649. The zero-order valence-electron chi connectivity index (χ0n) is 32.8. The van der Waals surface area contributed by atoms with E-state index < -0.39 is 0 Å². The lowest BCUT2D eigenvalue weighted by Crippen LogP contribution is -2.08. The highest BCUT2D eigenvalue weighted by atomic mass is 15.0. The minimum Gasteiger partial charge on any atom is -0.333 e. The van der Waals surface area contributed by atoms with Crippen LogP contribution in [0.1, 0.15) is 23.6 Å². The molecule has 1 unspecified atom stereocenters. The number of aromatic nitrogens is 2. The van der Waals surface area contributed by atoms with Crippen LogP contribution in [0.25, 0.3) is 98.7 Å². The molecular formula is C57H40N2. The van der Waals surface area contributed by atoms with E-state index in [-0.39, 0.29) is 6.04 Å². The van der Waals surface area contributed by atoms with Crippen molar-refractivity contribution >= 4 is 70.7 Å². The Morgan fingerprint density at radius 3 is 1.53 bits per heavy atom. The highest BCUT2D eigenvalue weighted by Crippen LogP contribution is 2.45. The van der Waals surface area contributed by atoms with Crippen molar-refractivity contribution in [3.05, 3.63) is 217 Å². The van der Waals surface area contributed by atoms with Gasteiger partial charge in [-0.1, -0.05) is 163 Å². The Kier molecular flexibility index (Phi) is 7.61. The van der Waals surface area contributed by atoms with Crippen LogP contribution in [0.4, 0.5) is 0 Å². The van der Waals surface area contributed by atoms with E-state index in [4.69, 9.17) is 0 Å². The number of aryl methyl sites for hydroxylation is 1. The maximum Gasteiger partial charge on any atom is 0.0560 e. The molecule has 2 nitrogen and oxygen atoms in total. The lowest BCUT2D eigenvalue weighted by Gasteiger charge is -2.23. The van der Waals surface area contributed by atoms with Gasteiger partial charge in [0.2, 0.25) is 0 Å². The first-order valence-corrected chi connectivity index (χ1v) is 20.7. The third-order valence-corrected chi connectivity index (χ3v) is 12.7. The Labute approximate surface area is 343 Å². The highest BCUT2D eigenvalue weighted by Gasteiger charge is 2.22. The first kappa shape index (κ1) is 33.7. The van der Waals surface area contributed by atoms with Crippen LogP contribution < -0.4 is 0 Å². The predicted octanol–water partition coefficient (Wildman–Crippen LogP) is 15.4. The molecule has 11 aromatic rings. The Bertz CT molecular complexity index is 3460. The Balaban J connectivity index is 0.951. The summed E-state index contributed by atoms with van der Waals surface area (Å²) in [6.07, 6.45) is 8.19. The van der Waals surface area contributed by atoms with Gasteiger partial charge in [-0.05, 0) is 117 Å². The number of benzene rings is 9. The molecule has 0 amide bonds. The maximum atomic E-state index is 2.56. The van der Waals surface area contributed by atoms with Gasteiger partial charge in [-0.15, -0.1) is 0 Å². The van der Waals surface area contributed by atoms with Gasteiger partial charge in [0.15, 0.2) is 0 Å². The lowest BCUT2D eigenvalue weighted by atomic mass is 9.84. The summed E-state index contributed by atoms with van der Waals surface area (Å²) in [4.78, 5) is 0. The molecule has 12 rings (SSSR count). The van der Waals surface area contributed by atoms with Crippen molar-refractivity contribution in [1.82, 2.24) is 9.13 Å². The molecule has 2 heterocycles. The second-order valence-electron chi connectivity index (χ2n) is 16.1. The van der Waals surface area contributed by atoms with Gasteiger partial charge in [-0.25, -0.2) is 0 Å². The predicted molar refractivity (Wildman–Crippen MR) is 252 cm³/mol. The smallest absolute Gasteiger partial charge is 0.0560 e. The van der Waals surface area contributed by atoms with Crippen molar-refractivity contribution in [2.24, 2.45) is 0 Å². The number of allylic oxidation sites excluding steroid dienone is 4. The van der Waals surface area contributed by atoms with Crippen LogP contribution in [-0.4, -0.2) is 9.13 Å². The standard InChI is InChI=1S/C57H40N2/c1-37-23-29-42(30-24-37)58-52-21-11-9-15-44(52)50-35-40(27-33-54(50)58)41-28-34-55-51(36-41)45-16-10-12-22-53(45)59(55)43-31-25-39(26-32-43)57-48-19-7-5-17-46(48)56(38-13-3-2-4-14-38)47-18-6-8-20-49(47)57/h2-31,33-36,43H,32H2,1H3. The average molecular weight is 753 g/mol. The first-order valence-electron chi connectivity index (χ1n) is 20.7. The summed E-state index contributed by atoms with van der Waals surface area (Å²) in [7, 11) is 0. The Hall–Kier alpha value is -7.42. The molecule has 0 saturated carbocycles. The average Bonchev–Trinajstić information content (AvgIpc) is 3.81. The van der Waals surface area contributed by atoms with Crippen molar-refractivity contribution in [3.8, 4) is 27.9 Å². The molecule has 0 saturated heterocycles. The molecule has 59 heavy (non-hydrogen) atoms. The van der Waals surface area contributed by atoms with Gasteiger partial charge in [0.05, 0.1) is 17.1 Å². The quantitative estimate of drug-likeness (QED) is 0.155. The number of rotatable bonds is 5. The number of hydrogen-bond donors (Lipinski definition) is 0. The van der Waals surface area contributed by atoms with Gasteiger partial charge in [-0.3, -0.25) is 0 Å². The molecule has 0 bridgehead atoms. The molecule has 1 atom stereocenters. The third-order valence-electron chi connectivity index (χ3n) is 12.7. The van der Waals surface area contributed by atoms with E-state index in [0.717, 1.165) is 6.42 Å². The van der Waals surface area contributed by atoms with Crippen molar-refractivity contribution < 1.29 is 0 Å². The Morgan fingerprint density at radius 2 is 0.898 bits per heavy atom. The van der Waals surface area contributed by atoms with E-state index in [1.807, 2.05) is 0 Å². The molecule has 2 aromatic heterocycles. The molecule has 0 spiro atoms. The molecule has 0 aliphatic heterocycles. The summed E-state index contributed by atoms with van der Waals surface area (Å²) in [5.41, 5.74) is 15.1. The highest BCUT2D eigenvalue weighted by molar-refractivity contribution is 6.19. The van der Waals surface area contributed by atoms with Crippen molar-refractivity contribution in [2.45, 2.75) is 19.4 Å². The third kappa shape index (κ3) is 5.26. The minimum absolute atomic E-state index is 0.192. The summed E-state index contributed by atoms with van der Waals surface area (Å²) in [5.74, 6) is 0. The summed E-state index contributed by atoms with van der Waals surface area (Å²) >= 11 is 0. The van der Waals surface area contributed by atoms with Crippen LogP contribution in [0.5, 0.6) is 0 Å². The number of fused-ring (bicyclic) bond motifs is 8. The van der Waals surface area contributed by atoms with Crippen LogP contribution in [0.15, 0.2) is 206 Å². The fraction of sp³-hybridized carbons (Fsp3) is 0.0526. The van der Waals surface area contributed by atoms with Crippen molar-refractivity contribution in [2.75, 3.05) is 0 Å². The zero-order chi connectivity index (χ0) is 39.0. The normalized spacial score (nSPS) is 14.3. The van der Waals surface area contributed by atoms with Gasteiger partial charge in [-0.2, -0.15) is 0 Å². The molecule has 0 radical (unpaired) electrons. The van der Waals surface area contributed by atoms with E-state index in [1.165, 1.54) is 110 Å². The summed E-state index contributed by atoms with van der Waals surface area (Å²) < 4.78 is 4.96. The van der Waals surface area contributed by atoms with E-state index in [2.05, 4.69) is 222 Å². The molecule has 0 fully saturated rings. The number of nitrogens with zero attached hydrogens (tertiary/aromatic N) is 2. The first-order chi connectivity index (χ1) is 29.2. The molecule has 278 valence electrons. The molecule has 1 aliphatic rings. The maximum absolute atomic E-state index is 2.56. The monoisotopic (exact) mass is 752 g/mol. The minimum atomic E-state index is 0.192. The second-order valence-corrected chi connectivity index (χ2v) is 16.1. The van der Waals surface area contributed by atoms with Crippen LogP contribution in [-0.2, 0) is 0 Å². The SMILES string of the molecule is Cc1ccc(-n2c3ccccc3c3cc(-c4ccc5c(c4)c4ccccc4n5C4C=CC(c5c6ccccc6c(-c6ccccc6)c6ccccc56)=CC4)ccc32)cc1. The summed E-state index contributed by atoms with van der Waals surface area (Å²) in [6, 6.07) is 69.5. The molecule has 0 N–H and O–H groups in total. The number of hydrogen-bond acceptors (Lipinski definition) is 0. The van der Waals surface area contributed by atoms with Gasteiger partial charge >= 0.3 is 0 Å². The molecule has 9 aromatic carbocycles. The number of para-hydroxylation sites is 2.